The van der Waals surface area contributed by atoms with Gasteiger partial charge in [0.25, 0.3) is 0 Å². The maximum atomic E-state index is 4.52. The Bertz CT molecular complexity index is 361. The second-order valence-corrected chi connectivity index (χ2v) is 7.36. The largest absolute Gasteiger partial charge is 0.309 e. The average Bonchev–Trinajstić information content (AvgIpc) is 2.59. The summed E-state index contributed by atoms with van der Waals surface area (Å²) in [5.74, 6) is 0.907. The first-order chi connectivity index (χ1) is 7.97. The molecule has 2 rings (SSSR count). The van der Waals surface area contributed by atoms with Crippen LogP contribution in [0.15, 0.2) is 6.20 Å². The Balaban J connectivity index is 1.84. The van der Waals surface area contributed by atoms with Gasteiger partial charge in [-0.3, -0.25) is 0 Å². The fourth-order valence-electron chi connectivity index (χ4n) is 2.10. The van der Waals surface area contributed by atoms with Gasteiger partial charge >= 0.3 is 0 Å². The summed E-state index contributed by atoms with van der Waals surface area (Å²) in [4.78, 5) is 5.89. The van der Waals surface area contributed by atoms with Gasteiger partial charge in [0.05, 0.1) is 5.01 Å². The predicted molar refractivity (Wildman–Crippen MR) is 74.5 cm³/mol. The second kappa shape index (κ2) is 5.07. The van der Waals surface area contributed by atoms with E-state index in [1.54, 1.807) is 0 Å². The molecule has 0 spiro atoms. The predicted octanol–water partition coefficient (Wildman–Crippen LogP) is 3.72. The molecular weight excluding hydrogens is 228 g/mol. The Morgan fingerprint density at radius 2 is 2.18 bits per heavy atom. The van der Waals surface area contributed by atoms with Crippen molar-refractivity contribution < 1.29 is 0 Å². The molecule has 0 radical (unpaired) electrons. The Morgan fingerprint density at radius 3 is 2.65 bits per heavy atom. The molecule has 3 heteroatoms. The maximum Gasteiger partial charge on any atom is 0.0981 e. The Morgan fingerprint density at radius 1 is 1.47 bits per heavy atom. The van der Waals surface area contributed by atoms with Crippen LogP contribution in [0.5, 0.6) is 0 Å². The fraction of sp³-hybridized carbons (Fsp3) is 0.786. The van der Waals surface area contributed by atoms with Crippen molar-refractivity contribution in [2.75, 3.05) is 0 Å². The van der Waals surface area contributed by atoms with Gasteiger partial charge in [0.15, 0.2) is 0 Å². The van der Waals surface area contributed by atoms with Crippen molar-refractivity contribution in [2.24, 2.45) is 5.92 Å². The number of hydrogen-bond donors (Lipinski definition) is 1. The molecule has 0 amide bonds. The van der Waals surface area contributed by atoms with Crippen molar-refractivity contribution in [2.45, 2.75) is 65.0 Å². The van der Waals surface area contributed by atoms with E-state index in [4.69, 9.17) is 0 Å². The van der Waals surface area contributed by atoms with Crippen LogP contribution in [0, 0.1) is 5.92 Å². The molecule has 0 aromatic carbocycles. The summed E-state index contributed by atoms with van der Waals surface area (Å²) in [7, 11) is 0. The normalized spacial score (nSPS) is 19.1. The van der Waals surface area contributed by atoms with Crippen LogP contribution in [0.4, 0.5) is 0 Å². The van der Waals surface area contributed by atoms with E-state index >= 15 is 0 Å². The van der Waals surface area contributed by atoms with E-state index in [0.29, 0.717) is 6.04 Å². The van der Waals surface area contributed by atoms with E-state index in [1.165, 1.54) is 29.1 Å². The van der Waals surface area contributed by atoms with Crippen molar-refractivity contribution in [3.8, 4) is 0 Å². The van der Waals surface area contributed by atoms with Crippen molar-refractivity contribution in [3.05, 3.63) is 16.1 Å². The van der Waals surface area contributed by atoms with Gasteiger partial charge in [-0.05, 0) is 25.7 Å². The molecule has 1 aromatic rings. The number of rotatable bonds is 4. The van der Waals surface area contributed by atoms with Crippen LogP contribution in [0.25, 0.3) is 0 Å². The van der Waals surface area contributed by atoms with E-state index < -0.39 is 0 Å². The van der Waals surface area contributed by atoms with Gasteiger partial charge in [0, 0.05) is 29.1 Å². The first-order valence-electron chi connectivity index (χ1n) is 6.65. The summed E-state index contributed by atoms with van der Waals surface area (Å²) in [6.45, 7) is 9.96. The van der Waals surface area contributed by atoms with Gasteiger partial charge in [0.2, 0.25) is 0 Å². The minimum absolute atomic E-state index is 0.183. The number of thiazole rings is 1. The molecule has 1 N–H and O–H groups in total. The molecule has 1 fully saturated rings. The lowest BCUT2D eigenvalue weighted by Crippen LogP contribution is -2.36. The molecule has 0 aliphatic heterocycles. The highest BCUT2D eigenvalue weighted by Gasteiger charge is 2.23. The van der Waals surface area contributed by atoms with Gasteiger partial charge in [-0.15, -0.1) is 11.3 Å². The van der Waals surface area contributed by atoms with Crippen molar-refractivity contribution >= 4 is 11.3 Å². The fourth-order valence-corrected chi connectivity index (χ4v) is 3.02. The minimum atomic E-state index is 0.183. The Hall–Kier alpha value is -0.410. The van der Waals surface area contributed by atoms with E-state index in [9.17, 15) is 0 Å². The SMILES string of the molecule is CC(NCc1cnc(C(C)(C)C)s1)C1CCC1. The maximum absolute atomic E-state index is 4.52. The molecule has 1 unspecified atom stereocenters. The Kier molecular flexibility index (Phi) is 3.88. The van der Waals surface area contributed by atoms with Crippen LogP contribution in [0.1, 0.15) is 56.8 Å². The molecule has 0 saturated heterocycles. The van der Waals surface area contributed by atoms with Crippen molar-refractivity contribution in [1.29, 1.82) is 0 Å². The van der Waals surface area contributed by atoms with Gasteiger partial charge in [-0.2, -0.15) is 0 Å². The number of hydrogen-bond acceptors (Lipinski definition) is 3. The van der Waals surface area contributed by atoms with Crippen molar-refractivity contribution in [3.63, 3.8) is 0 Å². The van der Waals surface area contributed by atoms with Crippen molar-refractivity contribution in [1.82, 2.24) is 10.3 Å². The number of nitrogens with zero attached hydrogens (tertiary/aromatic N) is 1. The summed E-state index contributed by atoms with van der Waals surface area (Å²) in [6.07, 6.45) is 6.27. The standard InChI is InChI=1S/C14H24N2S/c1-10(11-6-5-7-11)15-8-12-9-16-13(17-12)14(2,3)4/h9-11,15H,5-8H2,1-4H3. The third-order valence-corrected chi connectivity index (χ3v) is 5.07. The van der Waals surface area contributed by atoms with E-state index in [2.05, 4.69) is 38.0 Å². The summed E-state index contributed by atoms with van der Waals surface area (Å²) in [5.41, 5.74) is 0.183. The van der Waals surface area contributed by atoms with Gasteiger partial charge < -0.3 is 5.32 Å². The quantitative estimate of drug-likeness (QED) is 0.883. The van der Waals surface area contributed by atoms with Crippen LogP contribution in [0.2, 0.25) is 0 Å². The lowest BCUT2D eigenvalue weighted by molar-refractivity contribution is 0.240. The van der Waals surface area contributed by atoms with Crippen LogP contribution in [-0.2, 0) is 12.0 Å². The minimum Gasteiger partial charge on any atom is -0.309 e. The van der Waals surface area contributed by atoms with E-state index in [1.807, 2.05) is 17.5 Å². The number of aromatic nitrogens is 1. The molecule has 1 aromatic heterocycles. The molecule has 17 heavy (non-hydrogen) atoms. The zero-order chi connectivity index (χ0) is 12.5. The summed E-state index contributed by atoms with van der Waals surface area (Å²) in [5, 5.41) is 4.88. The summed E-state index contributed by atoms with van der Waals surface area (Å²) >= 11 is 1.85. The first kappa shape index (κ1) is 13.0. The molecule has 1 heterocycles. The highest BCUT2D eigenvalue weighted by molar-refractivity contribution is 7.11. The highest BCUT2D eigenvalue weighted by Crippen LogP contribution is 2.30. The first-order valence-corrected chi connectivity index (χ1v) is 7.47. The van der Waals surface area contributed by atoms with Gasteiger partial charge in [0.1, 0.15) is 0 Å². The van der Waals surface area contributed by atoms with E-state index in [0.717, 1.165) is 12.5 Å². The zero-order valence-corrected chi connectivity index (χ0v) is 12.2. The van der Waals surface area contributed by atoms with E-state index in [-0.39, 0.29) is 5.41 Å². The summed E-state index contributed by atoms with van der Waals surface area (Å²) in [6, 6.07) is 0.656. The Labute approximate surface area is 109 Å². The zero-order valence-electron chi connectivity index (χ0n) is 11.4. The lowest BCUT2D eigenvalue weighted by atomic mass is 9.80. The van der Waals surface area contributed by atoms with Gasteiger partial charge in [-0.25, -0.2) is 4.98 Å². The number of nitrogens with one attached hydrogen (secondary N) is 1. The summed E-state index contributed by atoms with van der Waals surface area (Å²) < 4.78 is 0. The molecule has 1 atom stereocenters. The molecule has 1 aliphatic rings. The average molecular weight is 252 g/mol. The van der Waals surface area contributed by atoms with Crippen LogP contribution < -0.4 is 5.32 Å². The molecule has 0 bridgehead atoms. The van der Waals surface area contributed by atoms with Gasteiger partial charge in [-0.1, -0.05) is 27.2 Å². The molecular formula is C14H24N2S. The topological polar surface area (TPSA) is 24.9 Å². The highest BCUT2D eigenvalue weighted by atomic mass is 32.1. The van der Waals surface area contributed by atoms with Crippen LogP contribution >= 0.6 is 11.3 Å². The molecule has 2 nitrogen and oxygen atoms in total. The molecule has 96 valence electrons. The molecule has 1 aliphatic carbocycles. The lowest BCUT2D eigenvalue weighted by Gasteiger charge is -2.31. The smallest absolute Gasteiger partial charge is 0.0981 e. The monoisotopic (exact) mass is 252 g/mol. The second-order valence-electron chi connectivity index (χ2n) is 6.24. The third-order valence-electron chi connectivity index (χ3n) is 3.65. The van der Waals surface area contributed by atoms with Crippen LogP contribution in [-0.4, -0.2) is 11.0 Å². The van der Waals surface area contributed by atoms with Crippen LogP contribution in [0.3, 0.4) is 0 Å². The third kappa shape index (κ3) is 3.29. The molecule has 1 saturated carbocycles.